The van der Waals surface area contributed by atoms with E-state index in [1.165, 1.54) is 25.7 Å². The molecule has 14 heavy (non-hydrogen) atoms. The predicted molar refractivity (Wildman–Crippen MR) is 55.4 cm³/mol. The van der Waals surface area contributed by atoms with E-state index < -0.39 is 0 Å². The van der Waals surface area contributed by atoms with Crippen molar-refractivity contribution in [1.82, 2.24) is 5.32 Å². The van der Waals surface area contributed by atoms with Crippen molar-refractivity contribution in [1.29, 1.82) is 0 Å². The molecule has 82 valence electrons. The SMILES string of the molecule is COC1CC(NCC2CCCOC2)C1. The summed E-state index contributed by atoms with van der Waals surface area (Å²) in [5.74, 6) is 0.741. The summed E-state index contributed by atoms with van der Waals surface area (Å²) in [4.78, 5) is 0. The van der Waals surface area contributed by atoms with Gasteiger partial charge in [0.2, 0.25) is 0 Å². The van der Waals surface area contributed by atoms with Crippen LogP contribution in [0.4, 0.5) is 0 Å². The Bertz CT molecular complexity index is 163. The van der Waals surface area contributed by atoms with Gasteiger partial charge in [0.25, 0.3) is 0 Å². The van der Waals surface area contributed by atoms with E-state index in [9.17, 15) is 0 Å². The molecule has 0 aromatic carbocycles. The maximum Gasteiger partial charge on any atom is 0.0601 e. The molecule has 2 aliphatic rings. The molecule has 0 amide bonds. The molecule has 1 atom stereocenters. The summed E-state index contributed by atoms with van der Waals surface area (Å²) >= 11 is 0. The maximum atomic E-state index is 5.44. The molecule has 3 heteroatoms. The van der Waals surface area contributed by atoms with Crippen LogP contribution in [0.15, 0.2) is 0 Å². The molecule has 1 saturated heterocycles. The lowest BCUT2D eigenvalue weighted by atomic mass is 9.88. The van der Waals surface area contributed by atoms with Crippen LogP contribution in [-0.2, 0) is 9.47 Å². The highest BCUT2D eigenvalue weighted by molar-refractivity contribution is 4.86. The van der Waals surface area contributed by atoms with E-state index in [1.54, 1.807) is 7.11 Å². The zero-order valence-corrected chi connectivity index (χ0v) is 9.00. The van der Waals surface area contributed by atoms with Gasteiger partial charge < -0.3 is 14.8 Å². The van der Waals surface area contributed by atoms with E-state index >= 15 is 0 Å². The number of hydrogen-bond acceptors (Lipinski definition) is 3. The van der Waals surface area contributed by atoms with E-state index in [2.05, 4.69) is 5.32 Å². The molecule has 0 aromatic rings. The number of methoxy groups -OCH3 is 1. The highest BCUT2D eigenvalue weighted by Crippen LogP contribution is 2.23. The van der Waals surface area contributed by atoms with Crippen LogP contribution >= 0.6 is 0 Å². The van der Waals surface area contributed by atoms with E-state index in [0.717, 1.165) is 25.7 Å². The predicted octanol–water partition coefficient (Wildman–Crippen LogP) is 1.18. The van der Waals surface area contributed by atoms with Gasteiger partial charge in [0, 0.05) is 26.3 Å². The lowest BCUT2D eigenvalue weighted by molar-refractivity contribution is 0.0107. The van der Waals surface area contributed by atoms with Crippen LogP contribution in [0.3, 0.4) is 0 Å². The molecule has 2 rings (SSSR count). The fourth-order valence-electron chi connectivity index (χ4n) is 2.23. The lowest BCUT2D eigenvalue weighted by Crippen LogP contribution is -2.47. The van der Waals surface area contributed by atoms with Gasteiger partial charge >= 0.3 is 0 Å². The minimum Gasteiger partial charge on any atom is -0.381 e. The minimum absolute atomic E-state index is 0.509. The van der Waals surface area contributed by atoms with Crippen LogP contribution in [0.5, 0.6) is 0 Å². The third-order valence-corrected chi connectivity index (χ3v) is 3.38. The van der Waals surface area contributed by atoms with Gasteiger partial charge in [-0.1, -0.05) is 0 Å². The van der Waals surface area contributed by atoms with Crippen LogP contribution in [0.25, 0.3) is 0 Å². The molecule has 2 fully saturated rings. The summed E-state index contributed by atoms with van der Waals surface area (Å²) in [6.07, 6.45) is 5.44. The maximum absolute atomic E-state index is 5.44. The van der Waals surface area contributed by atoms with Crippen molar-refractivity contribution in [3.8, 4) is 0 Å². The Morgan fingerprint density at radius 2 is 2.29 bits per heavy atom. The number of rotatable bonds is 4. The van der Waals surface area contributed by atoms with Crippen molar-refractivity contribution in [2.75, 3.05) is 26.9 Å². The Balaban J connectivity index is 1.54. The monoisotopic (exact) mass is 199 g/mol. The Morgan fingerprint density at radius 3 is 2.93 bits per heavy atom. The van der Waals surface area contributed by atoms with Crippen molar-refractivity contribution in [3.63, 3.8) is 0 Å². The fourth-order valence-corrected chi connectivity index (χ4v) is 2.23. The van der Waals surface area contributed by atoms with Gasteiger partial charge in [-0.05, 0) is 31.6 Å². The van der Waals surface area contributed by atoms with Gasteiger partial charge in [0.1, 0.15) is 0 Å². The van der Waals surface area contributed by atoms with Crippen molar-refractivity contribution in [3.05, 3.63) is 0 Å². The van der Waals surface area contributed by atoms with Crippen LogP contribution < -0.4 is 5.32 Å². The molecular weight excluding hydrogens is 178 g/mol. The molecule has 1 heterocycles. The summed E-state index contributed by atoms with van der Waals surface area (Å²) in [5, 5.41) is 3.59. The first kappa shape index (κ1) is 10.4. The summed E-state index contributed by atoms with van der Waals surface area (Å²) < 4.78 is 10.7. The first-order valence-electron chi connectivity index (χ1n) is 5.72. The topological polar surface area (TPSA) is 30.5 Å². The third kappa shape index (κ3) is 2.69. The van der Waals surface area contributed by atoms with Gasteiger partial charge in [-0.15, -0.1) is 0 Å². The minimum atomic E-state index is 0.509. The van der Waals surface area contributed by atoms with E-state index in [-0.39, 0.29) is 0 Å². The third-order valence-electron chi connectivity index (χ3n) is 3.38. The summed E-state index contributed by atoms with van der Waals surface area (Å²) in [6, 6.07) is 0.696. The van der Waals surface area contributed by atoms with Gasteiger partial charge in [0.05, 0.1) is 12.7 Å². The molecule has 0 spiro atoms. The van der Waals surface area contributed by atoms with E-state index in [4.69, 9.17) is 9.47 Å². The zero-order chi connectivity index (χ0) is 9.80. The van der Waals surface area contributed by atoms with Crippen LogP contribution in [-0.4, -0.2) is 39.0 Å². The van der Waals surface area contributed by atoms with Gasteiger partial charge in [-0.25, -0.2) is 0 Å². The molecule has 0 bridgehead atoms. The molecule has 1 saturated carbocycles. The number of nitrogens with one attached hydrogen (secondary N) is 1. The van der Waals surface area contributed by atoms with E-state index in [0.29, 0.717) is 12.1 Å². The van der Waals surface area contributed by atoms with Crippen molar-refractivity contribution < 1.29 is 9.47 Å². The van der Waals surface area contributed by atoms with Crippen LogP contribution in [0.1, 0.15) is 25.7 Å². The quantitative estimate of drug-likeness (QED) is 0.737. The fraction of sp³-hybridized carbons (Fsp3) is 1.00. The Labute approximate surface area is 86.2 Å². The largest absolute Gasteiger partial charge is 0.381 e. The van der Waals surface area contributed by atoms with Crippen molar-refractivity contribution in [2.45, 2.75) is 37.8 Å². The smallest absolute Gasteiger partial charge is 0.0601 e. The molecule has 1 unspecified atom stereocenters. The average molecular weight is 199 g/mol. The molecule has 0 aromatic heterocycles. The molecule has 1 aliphatic heterocycles. The standard InChI is InChI=1S/C11H21NO2/c1-13-11-5-10(6-11)12-7-9-3-2-4-14-8-9/h9-12H,2-8H2,1H3. The van der Waals surface area contributed by atoms with Gasteiger partial charge in [0.15, 0.2) is 0 Å². The van der Waals surface area contributed by atoms with Gasteiger partial charge in [-0.2, -0.15) is 0 Å². The van der Waals surface area contributed by atoms with Crippen molar-refractivity contribution >= 4 is 0 Å². The van der Waals surface area contributed by atoms with E-state index in [1.807, 2.05) is 0 Å². The second-order valence-corrected chi connectivity index (χ2v) is 4.52. The molecule has 3 nitrogen and oxygen atoms in total. The zero-order valence-electron chi connectivity index (χ0n) is 9.00. The second-order valence-electron chi connectivity index (χ2n) is 4.52. The first-order valence-corrected chi connectivity index (χ1v) is 5.72. The summed E-state index contributed by atoms with van der Waals surface area (Å²) in [7, 11) is 1.80. The first-order chi connectivity index (χ1) is 6.88. The molecule has 1 N–H and O–H groups in total. The van der Waals surface area contributed by atoms with Crippen LogP contribution in [0, 0.1) is 5.92 Å². The Hall–Kier alpha value is -0.120. The lowest BCUT2D eigenvalue weighted by Gasteiger charge is -2.36. The highest BCUT2D eigenvalue weighted by Gasteiger charge is 2.29. The highest BCUT2D eigenvalue weighted by atomic mass is 16.5. The molecule has 1 aliphatic carbocycles. The van der Waals surface area contributed by atoms with Gasteiger partial charge in [-0.3, -0.25) is 0 Å². The molecular formula is C11H21NO2. The Kier molecular flexibility index (Phi) is 3.79. The average Bonchev–Trinajstić information content (AvgIpc) is 2.17. The second kappa shape index (κ2) is 5.10. The van der Waals surface area contributed by atoms with Crippen molar-refractivity contribution in [2.24, 2.45) is 5.92 Å². The molecule has 0 radical (unpaired) electrons. The Morgan fingerprint density at radius 1 is 1.43 bits per heavy atom. The number of hydrogen-bond donors (Lipinski definition) is 1. The summed E-state index contributed by atoms with van der Waals surface area (Å²) in [5.41, 5.74) is 0. The van der Waals surface area contributed by atoms with Crippen LogP contribution in [0.2, 0.25) is 0 Å². The summed E-state index contributed by atoms with van der Waals surface area (Å²) in [6.45, 7) is 3.04. The normalized spacial score (nSPS) is 37.9. The number of ether oxygens (including phenoxy) is 2.